The first-order valence-corrected chi connectivity index (χ1v) is 14.3. The fourth-order valence-corrected chi connectivity index (χ4v) is 4.73. The van der Waals surface area contributed by atoms with E-state index in [4.69, 9.17) is 9.16 Å². The molecule has 0 aliphatic carbocycles. The van der Waals surface area contributed by atoms with Gasteiger partial charge in [0.1, 0.15) is 11.8 Å². The van der Waals surface area contributed by atoms with Crippen LogP contribution in [0.4, 0.5) is 11.4 Å². The maximum Gasteiger partial charge on any atom is 0.249 e. The summed E-state index contributed by atoms with van der Waals surface area (Å²) in [6.45, 7) is 12.4. The van der Waals surface area contributed by atoms with Crippen molar-refractivity contribution < 1.29 is 14.0 Å². The maximum atomic E-state index is 13.5. The third-order valence-electron chi connectivity index (χ3n) is 6.42. The summed E-state index contributed by atoms with van der Waals surface area (Å²) >= 11 is 3.47. The zero-order chi connectivity index (χ0) is 22.8. The number of anilines is 2. The maximum absolute atomic E-state index is 13.5. The lowest BCUT2D eigenvalue weighted by molar-refractivity contribution is -0.118. The van der Waals surface area contributed by atoms with Gasteiger partial charge in [0.25, 0.3) is 0 Å². The second-order valence-electron chi connectivity index (χ2n) is 9.61. The number of halogens is 1. The molecule has 1 aliphatic rings. The van der Waals surface area contributed by atoms with E-state index in [0.717, 1.165) is 21.6 Å². The number of amides is 1. The highest BCUT2D eigenvalue weighted by Crippen LogP contribution is 2.38. The zero-order valence-electron chi connectivity index (χ0n) is 19.2. The van der Waals surface area contributed by atoms with Crippen LogP contribution in [0.2, 0.25) is 18.1 Å². The SMILES string of the molecule is COc1cccc(NC2C(=O)N(c3ccc(Br)cc3)CC2CO[Si](C)(C)C(C)(C)C)c1. The van der Waals surface area contributed by atoms with Crippen molar-refractivity contribution in [3.63, 3.8) is 0 Å². The van der Waals surface area contributed by atoms with Crippen LogP contribution in [0.15, 0.2) is 53.0 Å². The molecule has 0 radical (unpaired) electrons. The standard InChI is InChI=1S/C24H33BrN2O3Si/c1-24(2,3)31(5,6)30-16-17-15-27(20-12-10-18(25)11-13-20)23(28)22(17)26-19-8-7-9-21(14-19)29-4/h7-14,17,22,26H,15-16H2,1-6H3. The summed E-state index contributed by atoms with van der Waals surface area (Å²) in [4.78, 5) is 15.3. The minimum absolute atomic E-state index is 0.0384. The monoisotopic (exact) mass is 504 g/mol. The Morgan fingerprint density at radius 2 is 1.84 bits per heavy atom. The molecule has 1 saturated heterocycles. The lowest BCUT2D eigenvalue weighted by Gasteiger charge is -2.37. The number of nitrogens with one attached hydrogen (secondary N) is 1. The predicted molar refractivity (Wildman–Crippen MR) is 134 cm³/mol. The van der Waals surface area contributed by atoms with E-state index >= 15 is 0 Å². The van der Waals surface area contributed by atoms with Gasteiger partial charge in [0.2, 0.25) is 5.91 Å². The molecule has 2 aromatic rings. The van der Waals surface area contributed by atoms with Crippen molar-refractivity contribution in [2.24, 2.45) is 5.92 Å². The first-order chi connectivity index (χ1) is 14.5. The van der Waals surface area contributed by atoms with Crippen molar-refractivity contribution in [1.82, 2.24) is 0 Å². The topological polar surface area (TPSA) is 50.8 Å². The number of methoxy groups -OCH3 is 1. The Morgan fingerprint density at radius 3 is 2.45 bits per heavy atom. The van der Waals surface area contributed by atoms with Gasteiger partial charge >= 0.3 is 0 Å². The van der Waals surface area contributed by atoms with Crippen LogP contribution in [0.1, 0.15) is 20.8 Å². The molecule has 0 bridgehead atoms. The van der Waals surface area contributed by atoms with Gasteiger partial charge < -0.3 is 19.4 Å². The van der Waals surface area contributed by atoms with Crippen LogP contribution in [0.3, 0.4) is 0 Å². The van der Waals surface area contributed by atoms with Gasteiger partial charge in [-0.15, -0.1) is 0 Å². The lowest BCUT2D eigenvalue weighted by Crippen LogP contribution is -2.44. The molecule has 0 spiro atoms. The molecule has 0 saturated carbocycles. The van der Waals surface area contributed by atoms with Crippen LogP contribution in [0, 0.1) is 5.92 Å². The molecule has 1 heterocycles. The third-order valence-corrected chi connectivity index (χ3v) is 11.4. The highest BCUT2D eigenvalue weighted by atomic mass is 79.9. The molecule has 168 valence electrons. The van der Waals surface area contributed by atoms with Gasteiger partial charge in [-0.25, -0.2) is 0 Å². The van der Waals surface area contributed by atoms with Crippen molar-refractivity contribution in [2.75, 3.05) is 30.5 Å². The summed E-state index contributed by atoms with van der Waals surface area (Å²) in [5.74, 6) is 0.861. The van der Waals surface area contributed by atoms with Crippen LogP contribution < -0.4 is 15.0 Å². The molecule has 0 aromatic heterocycles. The van der Waals surface area contributed by atoms with Crippen LogP contribution in [0.25, 0.3) is 0 Å². The van der Waals surface area contributed by atoms with E-state index in [-0.39, 0.29) is 22.9 Å². The first-order valence-electron chi connectivity index (χ1n) is 10.6. The smallest absolute Gasteiger partial charge is 0.249 e. The molecule has 5 nitrogen and oxygen atoms in total. The van der Waals surface area contributed by atoms with E-state index in [1.165, 1.54) is 0 Å². The van der Waals surface area contributed by atoms with Crippen LogP contribution in [0.5, 0.6) is 5.75 Å². The van der Waals surface area contributed by atoms with E-state index < -0.39 is 8.32 Å². The number of benzene rings is 2. The van der Waals surface area contributed by atoms with E-state index in [1.807, 2.05) is 53.4 Å². The van der Waals surface area contributed by atoms with Gasteiger partial charge in [0.15, 0.2) is 8.32 Å². The molecule has 2 aromatic carbocycles. The highest BCUT2D eigenvalue weighted by molar-refractivity contribution is 9.10. The van der Waals surface area contributed by atoms with Gasteiger partial charge in [0, 0.05) is 41.0 Å². The molecule has 2 atom stereocenters. The Morgan fingerprint density at radius 1 is 1.16 bits per heavy atom. The number of nitrogens with zero attached hydrogens (tertiary/aromatic N) is 1. The number of carbonyl (C=O) groups excluding carboxylic acids is 1. The van der Waals surface area contributed by atoms with Crippen molar-refractivity contribution in [1.29, 1.82) is 0 Å². The molecule has 1 N–H and O–H groups in total. The molecule has 1 aliphatic heterocycles. The second kappa shape index (κ2) is 9.34. The van der Waals surface area contributed by atoms with Gasteiger partial charge in [0.05, 0.1) is 7.11 Å². The Kier molecular flexibility index (Phi) is 7.18. The fourth-order valence-electron chi connectivity index (χ4n) is 3.41. The average Bonchev–Trinajstić information content (AvgIpc) is 3.02. The molecule has 7 heteroatoms. The van der Waals surface area contributed by atoms with E-state index in [9.17, 15) is 4.79 Å². The summed E-state index contributed by atoms with van der Waals surface area (Å²) in [7, 11) is -0.280. The Labute approximate surface area is 195 Å². The number of rotatable bonds is 7. The Balaban J connectivity index is 1.85. The first kappa shape index (κ1) is 23.8. The van der Waals surface area contributed by atoms with Crippen LogP contribution in [-0.4, -0.2) is 40.5 Å². The number of ether oxygens (including phenoxy) is 1. The van der Waals surface area contributed by atoms with E-state index in [2.05, 4.69) is 55.1 Å². The van der Waals surface area contributed by atoms with Crippen LogP contribution in [-0.2, 0) is 9.22 Å². The molecule has 1 amide bonds. The third kappa shape index (κ3) is 5.51. The summed E-state index contributed by atoms with van der Waals surface area (Å²) < 4.78 is 12.9. The van der Waals surface area contributed by atoms with Crippen LogP contribution >= 0.6 is 15.9 Å². The Hall–Kier alpha value is -1.83. The zero-order valence-corrected chi connectivity index (χ0v) is 21.8. The lowest BCUT2D eigenvalue weighted by atomic mass is 10.0. The normalized spacial score (nSPS) is 19.6. The van der Waals surface area contributed by atoms with Crippen molar-refractivity contribution in [3.8, 4) is 5.75 Å². The minimum atomic E-state index is -1.92. The van der Waals surface area contributed by atoms with Gasteiger partial charge in [-0.3, -0.25) is 4.79 Å². The number of hydrogen-bond acceptors (Lipinski definition) is 4. The van der Waals surface area contributed by atoms with Crippen molar-refractivity contribution in [3.05, 3.63) is 53.0 Å². The van der Waals surface area contributed by atoms with E-state index in [0.29, 0.717) is 13.2 Å². The van der Waals surface area contributed by atoms with Gasteiger partial charge in [-0.05, 0) is 54.5 Å². The fraction of sp³-hybridized carbons (Fsp3) is 0.458. The summed E-state index contributed by atoms with van der Waals surface area (Å²) in [6, 6.07) is 15.2. The van der Waals surface area contributed by atoms with Crippen molar-refractivity contribution >= 4 is 41.5 Å². The molecular weight excluding hydrogens is 472 g/mol. The predicted octanol–water partition coefficient (Wildman–Crippen LogP) is 5.92. The molecule has 2 unspecified atom stereocenters. The summed E-state index contributed by atoms with van der Waals surface area (Å²) in [6.07, 6.45) is 0. The molecule has 31 heavy (non-hydrogen) atoms. The molecule has 1 fully saturated rings. The number of hydrogen-bond donors (Lipinski definition) is 1. The average molecular weight is 506 g/mol. The quantitative estimate of drug-likeness (QED) is 0.475. The van der Waals surface area contributed by atoms with Crippen molar-refractivity contribution in [2.45, 2.75) is 44.9 Å². The summed E-state index contributed by atoms with van der Waals surface area (Å²) in [5.41, 5.74) is 1.77. The minimum Gasteiger partial charge on any atom is -0.497 e. The Bertz CT molecular complexity index is 912. The van der Waals surface area contributed by atoms with Gasteiger partial charge in [-0.1, -0.05) is 42.8 Å². The summed E-state index contributed by atoms with van der Waals surface area (Å²) in [5, 5.41) is 3.58. The molecular formula is C24H33BrN2O3Si. The van der Waals surface area contributed by atoms with Gasteiger partial charge in [-0.2, -0.15) is 0 Å². The number of carbonyl (C=O) groups is 1. The second-order valence-corrected chi connectivity index (χ2v) is 15.3. The van der Waals surface area contributed by atoms with E-state index in [1.54, 1.807) is 7.11 Å². The highest BCUT2D eigenvalue weighted by Gasteiger charge is 2.44. The largest absolute Gasteiger partial charge is 0.497 e. The molecule has 3 rings (SSSR count).